The molecule has 0 aliphatic heterocycles. The molecule has 0 radical (unpaired) electrons. The number of carbonyl (C=O) groups is 1. The zero-order valence-corrected chi connectivity index (χ0v) is 10.3. The number of aliphatic hydroxyl groups is 1. The third-order valence-electron chi connectivity index (χ3n) is 3.19. The molecule has 2 rings (SSSR count). The highest BCUT2D eigenvalue weighted by Gasteiger charge is 2.50. The van der Waals surface area contributed by atoms with Gasteiger partial charge in [0.1, 0.15) is 5.60 Å². The fraction of sp³-hybridized carbons (Fsp3) is 0.636. The van der Waals surface area contributed by atoms with Crippen molar-refractivity contribution in [2.24, 2.45) is 5.92 Å². The Morgan fingerprint density at radius 3 is 2.88 bits per heavy atom. The number of nitrogens with zero attached hydrogens (tertiary/aromatic N) is 2. The van der Waals surface area contributed by atoms with Gasteiger partial charge in [0.15, 0.2) is 0 Å². The van der Waals surface area contributed by atoms with E-state index >= 15 is 0 Å². The van der Waals surface area contributed by atoms with Gasteiger partial charge in [-0.1, -0.05) is 18.5 Å². The van der Waals surface area contributed by atoms with Crippen molar-refractivity contribution < 1.29 is 15.0 Å². The summed E-state index contributed by atoms with van der Waals surface area (Å²) in [4.78, 5) is 10.8. The second-order valence-electron chi connectivity index (χ2n) is 4.54. The van der Waals surface area contributed by atoms with Crippen molar-refractivity contribution in [1.29, 1.82) is 0 Å². The highest BCUT2D eigenvalue weighted by molar-refractivity contribution is 6.31. The predicted octanol–water partition coefficient (Wildman–Crippen LogP) is 1.63. The molecule has 1 aliphatic rings. The molecule has 1 aromatic rings. The number of halogens is 1. The molecule has 6 heteroatoms. The first-order chi connectivity index (χ1) is 7.98. The monoisotopic (exact) mass is 258 g/mol. The van der Waals surface area contributed by atoms with E-state index in [9.17, 15) is 9.90 Å². The fourth-order valence-electron chi connectivity index (χ4n) is 2.33. The summed E-state index contributed by atoms with van der Waals surface area (Å²) < 4.78 is 1.67. The summed E-state index contributed by atoms with van der Waals surface area (Å²) in [6, 6.07) is 0. The molecule has 1 saturated carbocycles. The van der Waals surface area contributed by atoms with Crippen molar-refractivity contribution in [3.63, 3.8) is 0 Å². The van der Waals surface area contributed by atoms with Gasteiger partial charge in [0.25, 0.3) is 0 Å². The third-order valence-corrected chi connectivity index (χ3v) is 3.47. The molecule has 5 nitrogen and oxygen atoms in total. The van der Waals surface area contributed by atoms with Gasteiger partial charge in [0.2, 0.25) is 0 Å². The van der Waals surface area contributed by atoms with Crippen LogP contribution >= 0.6 is 11.6 Å². The van der Waals surface area contributed by atoms with Gasteiger partial charge >= 0.3 is 5.97 Å². The Labute approximate surface area is 104 Å². The van der Waals surface area contributed by atoms with Crippen LogP contribution in [0.1, 0.15) is 31.9 Å². The van der Waals surface area contributed by atoms with Crippen LogP contribution in [0.2, 0.25) is 5.02 Å². The van der Waals surface area contributed by atoms with E-state index in [1.165, 1.54) is 6.20 Å². The Bertz CT molecular complexity index is 438. The van der Waals surface area contributed by atoms with Crippen LogP contribution in [0.25, 0.3) is 0 Å². The molecule has 2 N–H and O–H groups in total. The van der Waals surface area contributed by atoms with Crippen LogP contribution in [0.4, 0.5) is 0 Å². The summed E-state index contributed by atoms with van der Waals surface area (Å²) >= 11 is 6.01. The molecule has 0 saturated heterocycles. The van der Waals surface area contributed by atoms with Crippen LogP contribution < -0.4 is 0 Å². The normalized spacial score (nSPS) is 27.8. The van der Waals surface area contributed by atoms with Crippen LogP contribution in [0.3, 0.4) is 0 Å². The first-order valence-corrected chi connectivity index (χ1v) is 6.02. The SMILES string of the molecule is CCCn1ncc(Cl)c1C1(O)CC(C(=O)O)C1. The maximum atomic E-state index is 10.8. The van der Waals surface area contributed by atoms with E-state index in [4.69, 9.17) is 16.7 Å². The summed E-state index contributed by atoms with van der Waals surface area (Å²) in [5.74, 6) is -1.35. The number of aromatic nitrogens is 2. The van der Waals surface area contributed by atoms with Crippen molar-refractivity contribution in [1.82, 2.24) is 9.78 Å². The minimum Gasteiger partial charge on any atom is -0.481 e. The minimum atomic E-state index is -1.13. The molecule has 0 bridgehead atoms. The lowest BCUT2D eigenvalue weighted by Gasteiger charge is -2.41. The van der Waals surface area contributed by atoms with Crippen molar-refractivity contribution in [2.45, 2.75) is 38.3 Å². The highest BCUT2D eigenvalue weighted by Crippen LogP contribution is 2.47. The second-order valence-corrected chi connectivity index (χ2v) is 4.95. The van der Waals surface area contributed by atoms with Gasteiger partial charge in [-0.25, -0.2) is 0 Å². The number of rotatable bonds is 4. The van der Waals surface area contributed by atoms with Gasteiger partial charge in [-0.05, 0) is 19.3 Å². The Morgan fingerprint density at radius 2 is 2.35 bits per heavy atom. The van der Waals surface area contributed by atoms with Crippen molar-refractivity contribution >= 4 is 17.6 Å². The predicted molar refractivity (Wildman–Crippen MR) is 61.8 cm³/mol. The largest absolute Gasteiger partial charge is 0.481 e. The number of carboxylic acid groups (broad SMARTS) is 1. The van der Waals surface area contributed by atoms with Crippen LogP contribution in [0.5, 0.6) is 0 Å². The van der Waals surface area contributed by atoms with E-state index in [1.54, 1.807) is 4.68 Å². The van der Waals surface area contributed by atoms with Gasteiger partial charge in [-0.15, -0.1) is 0 Å². The highest BCUT2D eigenvalue weighted by atomic mass is 35.5. The molecule has 0 spiro atoms. The molecule has 0 atom stereocenters. The number of hydrogen-bond acceptors (Lipinski definition) is 3. The van der Waals surface area contributed by atoms with E-state index in [1.807, 2.05) is 6.92 Å². The summed E-state index contributed by atoms with van der Waals surface area (Å²) in [7, 11) is 0. The first kappa shape index (κ1) is 12.4. The Hall–Kier alpha value is -1.07. The van der Waals surface area contributed by atoms with E-state index in [-0.39, 0.29) is 12.8 Å². The van der Waals surface area contributed by atoms with E-state index in [0.29, 0.717) is 17.3 Å². The molecule has 0 amide bonds. The molecule has 0 unspecified atom stereocenters. The average Bonchev–Trinajstić information content (AvgIpc) is 2.56. The van der Waals surface area contributed by atoms with Crippen LogP contribution in [-0.2, 0) is 16.9 Å². The molecular weight excluding hydrogens is 244 g/mol. The van der Waals surface area contributed by atoms with E-state index in [0.717, 1.165) is 6.42 Å². The van der Waals surface area contributed by atoms with Crippen LogP contribution in [0.15, 0.2) is 6.20 Å². The van der Waals surface area contributed by atoms with E-state index in [2.05, 4.69) is 5.10 Å². The molecule has 1 aliphatic carbocycles. The first-order valence-electron chi connectivity index (χ1n) is 5.65. The maximum absolute atomic E-state index is 10.8. The third kappa shape index (κ3) is 2.05. The van der Waals surface area contributed by atoms with Crippen LogP contribution in [0, 0.1) is 5.92 Å². The Kier molecular flexibility index (Phi) is 3.14. The average molecular weight is 259 g/mol. The summed E-state index contributed by atoms with van der Waals surface area (Å²) in [5.41, 5.74) is -0.579. The molecule has 94 valence electrons. The summed E-state index contributed by atoms with van der Waals surface area (Å²) in [5, 5.41) is 23.7. The summed E-state index contributed by atoms with van der Waals surface area (Å²) in [6.07, 6.45) is 2.79. The Balaban J connectivity index is 2.23. The topological polar surface area (TPSA) is 75.3 Å². The molecular formula is C11H15ClN2O3. The molecule has 1 heterocycles. The molecule has 17 heavy (non-hydrogen) atoms. The number of carboxylic acids is 1. The lowest BCUT2D eigenvalue weighted by atomic mass is 9.69. The molecule has 0 aromatic carbocycles. The Morgan fingerprint density at radius 1 is 1.71 bits per heavy atom. The van der Waals surface area contributed by atoms with E-state index < -0.39 is 17.5 Å². The van der Waals surface area contributed by atoms with Crippen molar-refractivity contribution in [3.05, 3.63) is 16.9 Å². The zero-order chi connectivity index (χ0) is 12.6. The number of aryl methyl sites for hydroxylation is 1. The number of hydrogen-bond donors (Lipinski definition) is 2. The van der Waals surface area contributed by atoms with Crippen molar-refractivity contribution in [3.8, 4) is 0 Å². The number of aliphatic carboxylic acids is 1. The molecule has 1 fully saturated rings. The lowest BCUT2D eigenvalue weighted by molar-refractivity contribution is -0.160. The standard InChI is InChI=1S/C11H15ClN2O3/c1-2-3-14-9(8(12)6-13-14)11(17)4-7(5-11)10(15)16/h6-7,17H,2-5H2,1H3,(H,15,16). The lowest BCUT2D eigenvalue weighted by Crippen LogP contribution is -2.46. The fourth-order valence-corrected chi connectivity index (χ4v) is 2.65. The van der Waals surface area contributed by atoms with Gasteiger partial charge in [-0.3, -0.25) is 9.48 Å². The van der Waals surface area contributed by atoms with Crippen LogP contribution in [-0.4, -0.2) is 26.0 Å². The quantitative estimate of drug-likeness (QED) is 0.861. The second kappa shape index (κ2) is 4.31. The minimum absolute atomic E-state index is 0.206. The summed E-state index contributed by atoms with van der Waals surface area (Å²) in [6.45, 7) is 2.67. The van der Waals surface area contributed by atoms with Gasteiger partial charge < -0.3 is 10.2 Å². The maximum Gasteiger partial charge on any atom is 0.306 e. The van der Waals surface area contributed by atoms with Gasteiger partial charge in [-0.2, -0.15) is 5.10 Å². The molecule has 1 aromatic heterocycles. The van der Waals surface area contributed by atoms with Gasteiger partial charge in [0.05, 0.1) is 22.8 Å². The zero-order valence-electron chi connectivity index (χ0n) is 9.56. The smallest absolute Gasteiger partial charge is 0.306 e. The van der Waals surface area contributed by atoms with Gasteiger partial charge in [0, 0.05) is 6.54 Å². The van der Waals surface area contributed by atoms with Crippen molar-refractivity contribution in [2.75, 3.05) is 0 Å².